The van der Waals surface area contributed by atoms with Gasteiger partial charge < -0.3 is 4.74 Å². The first-order valence-electron chi connectivity index (χ1n) is 8.03. The Balaban J connectivity index is 2.14. The lowest BCUT2D eigenvalue weighted by molar-refractivity contribution is 0.343. The smallest absolute Gasteiger partial charge is 0.262 e. The molecular formula is C19H20N2O3S. The van der Waals surface area contributed by atoms with Gasteiger partial charge in [-0.05, 0) is 56.2 Å². The fourth-order valence-corrected chi connectivity index (χ4v) is 4.19. The Hall–Kier alpha value is -2.60. The Morgan fingerprint density at radius 1 is 1.04 bits per heavy atom. The normalized spacial score (nSPS) is 11.5. The van der Waals surface area contributed by atoms with Gasteiger partial charge in [0.15, 0.2) is 0 Å². The summed E-state index contributed by atoms with van der Waals surface area (Å²) in [6.07, 6.45) is 1.63. The minimum Gasteiger partial charge on any atom is -0.492 e. The molecule has 1 aromatic heterocycles. The number of sulfonamides is 1. The van der Waals surface area contributed by atoms with Crippen molar-refractivity contribution in [3.63, 3.8) is 0 Å². The van der Waals surface area contributed by atoms with E-state index in [9.17, 15) is 8.42 Å². The minimum absolute atomic E-state index is 0.182. The molecule has 6 heteroatoms. The fraction of sp³-hybridized carbons (Fsp3) is 0.211. The van der Waals surface area contributed by atoms with Gasteiger partial charge in [-0.25, -0.2) is 8.42 Å². The highest BCUT2D eigenvalue weighted by atomic mass is 32.2. The molecule has 0 fully saturated rings. The minimum atomic E-state index is -3.76. The summed E-state index contributed by atoms with van der Waals surface area (Å²) in [6.45, 7) is 6.12. The van der Waals surface area contributed by atoms with Gasteiger partial charge in [0.1, 0.15) is 11.3 Å². The number of nitrogens with one attached hydrogen (secondary N) is 1. The number of hydrogen-bond donors (Lipinski definition) is 1. The van der Waals surface area contributed by atoms with Gasteiger partial charge in [0, 0.05) is 11.6 Å². The molecular weight excluding hydrogens is 336 g/mol. The standard InChI is InChI=1S/C19H20N2O3S/c1-4-24-16-10-11-17(15-9-6-12-20-19(15)16)25(22,23)21-18-13(2)7-5-8-14(18)3/h5-12,21H,4H2,1-3H3. The number of anilines is 1. The predicted octanol–water partition coefficient (Wildman–Crippen LogP) is 4.05. The van der Waals surface area contributed by atoms with Gasteiger partial charge in [0.05, 0.1) is 17.2 Å². The van der Waals surface area contributed by atoms with Crippen LogP contribution in [0.15, 0.2) is 53.6 Å². The first-order chi connectivity index (χ1) is 11.9. The summed E-state index contributed by atoms with van der Waals surface area (Å²) in [5.41, 5.74) is 2.89. The summed E-state index contributed by atoms with van der Waals surface area (Å²) in [5.74, 6) is 0.573. The molecule has 0 aliphatic heterocycles. The molecule has 0 saturated heterocycles. The van der Waals surface area contributed by atoms with E-state index in [-0.39, 0.29) is 4.90 Å². The number of ether oxygens (including phenoxy) is 1. The molecule has 0 radical (unpaired) electrons. The lowest BCUT2D eigenvalue weighted by atomic mass is 10.1. The third kappa shape index (κ3) is 3.30. The van der Waals surface area contributed by atoms with Crippen molar-refractivity contribution >= 4 is 26.6 Å². The van der Waals surface area contributed by atoms with Gasteiger partial charge in [0.25, 0.3) is 10.0 Å². The Labute approximate surface area is 147 Å². The van der Waals surface area contributed by atoms with Gasteiger partial charge in [-0.1, -0.05) is 18.2 Å². The summed E-state index contributed by atoms with van der Waals surface area (Å²) >= 11 is 0. The molecule has 0 aliphatic rings. The van der Waals surface area contributed by atoms with Crippen LogP contribution in [0.25, 0.3) is 10.9 Å². The second kappa shape index (κ2) is 6.72. The first kappa shape index (κ1) is 17.2. The second-order valence-electron chi connectivity index (χ2n) is 5.77. The largest absolute Gasteiger partial charge is 0.492 e. The van der Waals surface area contributed by atoms with Crippen molar-refractivity contribution < 1.29 is 13.2 Å². The molecule has 0 amide bonds. The molecule has 0 spiro atoms. The molecule has 0 bridgehead atoms. The van der Waals surface area contributed by atoms with Crippen LogP contribution in [0.2, 0.25) is 0 Å². The average molecular weight is 356 g/mol. The van der Waals surface area contributed by atoms with Gasteiger partial charge in [-0.15, -0.1) is 0 Å². The predicted molar refractivity (Wildman–Crippen MR) is 99.6 cm³/mol. The Kier molecular flexibility index (Phi) is 4.63. The van der Waals surface area contributed by atoms with Crippen LogP contribution in [0.4, 0.5) is 5.69 Å². The van der Waals surface area contributed by atoms with Crippen LogP contribution in [-0.4, -0.2) is 20.0 Å². The SMILES string of the molecule is CCOc1ccc(S(=O)(=O)Nc2c(C)cccc2C)c2cccnc12. The van der Waals surface area contributed by atoms with Crippen LogP contribution in [0, 0.1) is 13.8 Å². The van der Waals surface area contributed by atoms with E-state index in [1.54, 1.807) is 30.5 Å². The number of aryl methyl sites for hydroxylation is 2. The molecule has 3 aromatic rings. The zero-order chi connectivity index (χ0) is 18.0. The molecule has 2 aromatic carbocycles. The number of rotatable bonds is 5. The van der Waals surface area contributed by atoms with E-state index in [0.717, 1.165) is 11.1 Å². The average Bonchev–Trinajstić information content (AvgIpc) is 2.59. The van der Waals surface area contributed by atoms with E-state index in [2.05, 4.69) is 9.71 Å². The van der Waals surface area contributed by atoms with Crippen molar-refractivity contribution in [2.24, 2.45) is 0 Å². The third-order valence-electron chi connectivity index (χ3n) is 4.00. The number of fused-ring (bicyclic) bond motifs is 1. The van der Waals surface area contributed by atoms with Crippen molar-refractivity contribution in [2.45, 2.75) is 25.7 Å². The molecule has 5 nitrogen and oxygen atoms in total. The van der Waals surface area contributed by atoms with Crippen molar-refractivity contribution in [1.29, 1.82) is 0 Å². The maximum Gasteiger partial charge on any atom is 0.262 e. The summed E-state index contributed by atoms with van der Waals surface area (Å²) in [6, 6.07) is 12.3. The van der Waals surface area contributed by atoms with Crippen LogP contribution in [0.5, 0.6) is 5.75 Å². The van der Waals surface area contributed by atoms with Crippen LogP contribution >= 0.6 is 0 Å². The van der Waals surface area contributed by atoms with Gasteiger partial charge in [-0.2, -0.15) is 0 Å². The van der Waals surface area contributed by atoms with Crippen LogP contribution < -0.4 is 9.46 Å². The van der Waals surface area contributed by atoms with Crippen molar-refractivity contribution in [1.82, 2.24) is 4.98 Å². The third-order valence-corrected chi connectivity index (χ3v) is 5.41. The summed E-state index contributed by atoms with van der Waals surface area (Å²) in [5, 5.41) is 0.534. The molecule has 25 heavy (non-hydrogen) atoms. The zero-order valence-electron chi connectivity index (χ0n) is 14.4. The second-order valence-corrected chi connectivity index (χ2v) is 7.42. The molecule has 0 unspecified atom stereocenters. The van der Waals surface area contributed by atoms with Gasteiger partial charge in [-0.3, -0.25) is 9.71 Å². The maximum absolute atomic E-state index is 13.0. The Bertz CT molecular complexity index is 1010. The Morgan fingerprint density at radius 3 is 2.44 bits per heavy atom. The first-order valence-corrected chi connectivity index (χ1v) is 9.52. The molecule has 0 saturated carbocycles. The van der Waals surface area contributed by atoms with Crippen molar-refractivity contribution in [3.05, 3.63) is 59.8 Å². The molecule has 3 rings (SSSR count). The van der Waals surface area contributed by atoms with E-state index in [1.807, 2.05) is 39.0 Å². The number of hydrogen-bond acceptors (Lipinski definition) is 4. The highest BCUT2D eigenvalue weighted by Crippen LogP contribution is 2.31. The topological polar surface area (TPSA) is 68.3 Å². The van der Waals surface area contributed by atoms with E-state index in [1.165, 1.54) is 0 Å². The quantitative estimate of drug-likeness (QED) is 0.749. The molecule has 1 heterocycles. The summed E-state index contributed by atoms with van der Waals surface area (Å²) in [7, 11) is -3.76. The van der Waals surface area contributed by atoms with Gasteiger partial charge in [0.2, 0.25) is 0 Å². The monoisotopic (exact) mass is 356 g/mol. The van der Waals surface area contributed by atoms with E-state index in [4.69, 9.17) is 4.74 Å². The zero-order valence-corrected chi connectivity index (χ0v) is 15.2. The van der Waals surface area contributed by atoms with Crippen molar-refractivity contribution in [2.75, 3.05) is 11.3 Å². The molecule has 130 valence electrons. The fourth-order valence-electron chi connectivity index (χ4n) is 2.79. The van der Waals surface area contributed by atoms with E-state index in [0.29, 0.717) is 28.9 Å². The number of nitrogens with zero attached hydrogens (tertiary/aromatic N) is 1. The molecule has 1 N–H and O–H groups in total. The van der Waals surface area contributed by atoms with E-state index >= 15 is 0 Å². The number of para-hydroxylation sites is 1. The van der Waals surface area contributed by atoms with Crippen LogP contribution in [0.3, 0.4) is 0 Å². The highest BCUT2D eigenvalue weighted by molar-refractivity contribution is 7.93. The lowest BCUT2D eigenvalue weighted by Gasteiger charge is -2.15. The van der Waals surface area contributed by atoms with Gasteiger partial charge >= 0.3 is 0 Å². The highest BCUT2D eigenvalue weighted by Gasteiger charge is 2.21. The number of pyridine rings is 1. The lowest BCUT2D eigenvalue weighted by Crippen LogP contribution is -2.15. The van der Waals surface area contributed by atoms with Crippen LogP contribution in [0.1, 0.15) is 18.1 Å². The number of benzene rings is 2. The number of aromatic nitrogens is 1. The Morgan fingerprint density at radius 2 is 1.76 bits per heavy atom. The molecule has 0 aliphatic carbocycles. The summed E-state index contributed by atoms with van der Waals surface area (Å²) in [4.78, 5) is 4.48. The van der Waals surface area contributed by atoms with Crippen molar-refractivity contribution in [3.8, 4) is 5.75 Å². The molecule has 0 atom stereocenters. The van der Waals surface area contributed by atoms with Crippen LogP contribution in [-0.2, 0) is 10.0 Å². The van der Waals surface area contributed by atoms with E-state index < -0.39 is 10.0 Å². The maximum atomic E-state index is 13.0. The summed E-state index contributed by atoms with van der Waals surface area (Å²) < 4.78 is 34.3.